The van der Waals surface area contributed by atoms with Gasteiger partial charge in [-0.1, -0.05) is 20.8 Å². The lowest BCUT2D eigenvalue weighted by Crippen LogP contribution is -2.08. The van der Waals surface area contributed by atoms with Gasteiger partial charge in [0.1, 0.15) is 12.0 Å². The second-order valence-electron chi connectivity index (χ2n) is 3.32. The molecule has 0 unspecified atom stereocenters. The molecule has 0 fully saturated rings. The Morgan fingerprint density at radius 1 is 1.40 bits per heavy atom. The Balaban J connectivity index is 2.69. The van der Waals surface area contributed by atoms with Gasteiger partial charge in [0, 0.05) is 5.41 Å². The third-order valence-electron chi connectivity index (χ3n) is 1.26. The van der Waals surface area contributed by atoms with Crippen molar-refractivity contribution in [3.8, 4) is 0 Å². The number of hydrogen-bond donors (Lipinski definition) is 0. The Morgan fingerprint density at radius 3 is 2.20 bits per heavy atom. The second-order valence-corrected chi connectivity index (χ2v) is 3.32. The topological polar surface area (TPSA) is 18.5 Å². The predicted octanol–water partition coefficient (Wildman–Crippen LogP) is 2.39. The molecule has 1 heterocycles. The van der Waals surface area contributed by atoms with E-state index in [4.69, 9.17) is 9.47 Å². The van der Waals surface area contributed by atoms with Crippen molar-refractivity contribution < 1.29 is 9.47 Å². The summed E-state index contributed by atoms with van der Waals surface area (Å²) in [4.78, 5) is 0. The van der Waals surface area contributed by atoms with Gasteiger partial charge in [-0.05, 0) is 6.58 Å². The summed E-state index contributed by atoms with van der Waals surface area (Å²) in [6.07, 6.45) is 1.60. The van der Waals surface area contributed by atoms with E-state index >= 15 is 0 Å². The van der Waals surface area contributed by atoms with Crippen LogP contribution in [-0.4, -0.2) is 0 Å². The molecule has 0 aromatic heterocycles. The van der Waals surface area contributed by atoms with Crippen LogP contribution in [0.4, 0.5) is 0 Å². The van der Waals surface area contributed by atoms with Crippen LogP contribution in [0.3, 0.4) is 0 Å². The zero-order valence-electron chi connectivity index (χ0n) is 6.60. The van der Waals surface area contributed by atoms with Crippen molar-refractivity contribution in [1.29, 1.82) is 0 Å². The minimum Gasteiger partial charge on any atom is -0.431 e. The van der Waals surface area contributed by atoms with E-state index < -0.39 is 0 Å². The van der Waals surface area contributed by atoms with E-state index in [9.17, 15) is 0 Å². The van der Waals surface area contributed by atoms with E-state index in [0.29, 0.717) is 5.95 Å². The summed E-state index contributed by atoms with van der Waals surface area (Å²) in [6.45, 7) is 9.69. The standard InChI is InChI=1S/C8H12O2/c1-6-9-5-7(10-6)8(2,3)4/h5H,1H2,2-4H3. The van der Waals surface area contributed by atoms with Gasteiger partial charge in [0.15, 0.2) is 0 Å². The minimum absolute atomic E-state index is 0.0133. The lowest BCUT2D eigenvalue weighted by Gasteiger charge is -2.16. The zero-order valence-corrected chi connectivity index (χ0v) is 6.60. The summed E-state index contributed by atoms with van der Waals surface area (Å²) in [5.74, 6) is 1.20. The first kappa shape index (κ1) is 7.19. The third kappa shape index (κ3) is 1.32. The summed E-state index contributed by atoms with van der Waals surface area (Å²) in [5, 5.41) is 0. The molecule has 0 spiro atoms. The van der Waals surface area contributed by atoms with Crippen LogP contribution in [0, 0.1) is 5.41 Å². The molecule has 1 aliphatic rings. The van der Waals surface area contributed by atoms with Gasteiger partial charge in [0.25, 0.3) is 5.95 Å². The molecule has 0 aromatic rings. The Labute approximate surface area is 61.1 Å². The van der Waals surface area contributed by atoms with Gasteiger partial charge in [-0.3, -0.25) is 0 Å². The van der Waals surface area contributed by atoms with Crippen molar-refractivity contribution >= 4 is 0 Å². The summed E-state index contributed by atoms with van der Waals surface area (Å²) < 4.78 is 10.1. The summed E-state index contributed by atoms with van der Waals surface area (Å²) in [5.41, 5.74) is 0.0133. The van der Waals surface area contributed by atoms with E-state index in [-0.39, 0.29) is 5.41 Å². The molecule has 0 aliphatic carbocycles. The summed E-state index contributed by atoms with van der Waals surface area (Å²) in [6, 6.07) is 0. The molecule has 56 valence electrons. The Bertz CT molecular complexity index is 184. The maximum Gasteiger partial charge on any atom is 0.281 e. The molecule has 1 rings (SSSR count). The molecule has 2 nitrogen and oxygen atoms in total. The molecular weight excluding hydrogens is 128 g/mol. The Morgan fingerprint density at radius 2 is 2.00 bits per heavy atom. The van der Waals surface area contributed by atoms with E-state index in [1.807, 2.05) is 0 Å². The van der Waals surface area contributed by atoms with Gasteiger partial charge in [-0.25, -0.2) is 0 Å². The Hall–Kier alpha value is -0.920. The van der Waals surface area contributed by atoms with Gasteiger partial charge < -0.3 is 9.47 Å². The fourth-order valence-corrected chi connectivity index (χ4v) is 0.620. The first-order valence-corrected chi connectivity index (χ1v) is 3.24. The van der Waals surface area contributed by atoms with Gasteiger partial charge in [0.2, 0.25) is 0 Å². The number of rotatable bonds is 0. The molecule has 2 heteroatoms. The molecule has 0 N–H and O–H groups in total. The van der Waals surface area contributed by atoms with Crippen LogP contribution in [0.15, 0.2) is 24.5 Å². The van der Waals surface area contributed by atoms with Gasteiger partial charge in [0.05, 0.1) is 0 Å². The molecule has 0 amide bonds. The van der Waals surface area contributed by atoms with Crippen molar-refractivity contribution in [2.24, 2.45) is 5.41 Å². The van der Waals surface area contributed by atoms with Crippen molar-refractivity contribution in [2.75, 3.05) is 0 Å². The van der Waals surface area contributed by atoms with Crippen LogP contribution in [0.1, 0.15) is 20.8 Å². The van der Waals surface area contributed by atoms with Gasteiger partial charge >= 0.3 is 0 Å². The monoisotopic (exact) mass is 140 g/mol. The molecular formula is C8H12O2. The normalized spacial score (nSPS) is 17.9. The van der Waals surface area contributed by atoms with E-state index in [2.05, 4.69) is 27.4 Å². The number of allylic oxidation sites excluding steroid dienone is 1. The predicted molar refractivity (Wildman–Crippen MR) is 38.8 cm³/mol. The molecule has 0 bridgehead atoms. The maximum atomic E-state index is 5.17. The molecule has 10 heavy (non-hydrogen) atoms. The fraction of sp³-hybridized carbons (Fsp3) is 0.500. The summed E-state index contributed by atoms with van der Waals surface area (Å²) in [7, 11) is 0. The SMILES string of the molecule is C=C1OC=C(C(C)(C)C)O1. The van der Waals surface area contributed by atoms with Crippen molar-refractivity contribution in [2.45, 2.75) is 20.8 Å². The van der Waals surface area contributed by atoms with Crippen LogP contribution >= 0.6 is 0 Å². The van der Waals surface area contributed by atoms with E-state index in [1.54, 1.807) is 6.26 Å². The first-order valence-electron chi connectivity index (χ1n) is 3.24. The minimum atomic E-state index is 0.0133. The van der Waals surface area contributed by atoms with Crippen LogP contribution in [0.2, 0.25) is 0 Å². The summed E-state index contributed by atoms with van der Waals surface area (Å²) >= 11 is 0. The highest BCUT2D eigenvalue weighted by Gasteiger charge is 2.24. The van der Waals surface area contributed by atoms with Crippen LogP contribution in [-0.2, 0) is 9.47 Å². The lowest BCUT2D eigenvalue weighted by molar-refractivity contribution is 0.160. The fourth-order valence-electron chi connectivity index (χ4n) is 0.620. The first-order chi connectivity index (χ1) is 4.50. The molecule has 0 radical (unpaired) electrons. The van der Waals surface area contributed by atoms with Crippen LogP contribution in [0.25, 0.3) is 0 Å². The largest absolute Gasteiger partial charge is 0.431 e. The highest BCUT2D eigenvalue weighted by molar-refractivity contribution is 5.07. The van der Waals surface area contributed by atoms with Crippen LogP contribution < -0.4 is 0 Å². The molecule has 0 aromatic carbocycles. The van der Waals surface area contributed by atoms with Crippen molar-refractivity contribution in [1.82, 2.24) is 0 Å². The highest BCUT2D eigenvalue weighted by atomic mass is 16.7. The Kier molecular flexibility index (Phi) is 1.47. The highest BCUT2D eigenvalue weighted by Crippen LogP contribution is 2.31. The third-order valence-corrected chi connectivity index (χ3v) is 1.26. The number of ether oxygens (including phenoxy) is 2. The van der Waals surface area contributed by atoms with Crippen molar-refractivity contribution in [3.63, 3.8) is 0 Å². The maximum absolute atomic E-state index is 5.17. The van der Waals surface area contributed by atoms with Crippen molar-refractivity contribution in [3.05, 3.63) is 24.5 Å². The molecule has 0 atom stereocenters. The molecule has 0 saturated carbocycles. The second kappa shape index (κ2) is 2.04. The van der Waals surface area contributed by atoms with Crippen LogP contribution in [0.5, 0.6) is 0 Å². The average Bonchev–Trinajstić information content (AvgIpc) is 2.11. The van der Waals surface area contributed by atoms with Gasteiger partial charge in [-0.2, -0.15) is 0 Å². The van der Waals surface area contributed by atoms with Gasteiger partial charge in [-0.15, -0.1) is 0 Å². The number of hydrogen-bond acceptors (Lipinski definition) is 2. The quantitative estimate of drug-likeness (QED) is 0.514. The van der Waals surface area contributed by atoms with E-state index in [1.165, 1.54) is 0 Å². The smallest absolute Gasteiger partial charge is 0.281 e. The van der Waals surface area contributed by atoms with E-state index in [0.717, 1.165) is 5.76 Å². The molecule has 1 aliphatic heterocycles. The molecule has 0 saturated heterocycles. The zero-order chi connectivity index (χ0) is 7.78. The average molecular weight is 140 g/mol. The lowest BCUT2D eigenvalue weighted by atomic mass is 9.95.